The first kappa shape index (κ1) is 45.1. The van der Waals surface area contributed by atoms with Gasteiger partial charge in [0.15, 0.2) is 16.1 Å². The SMILES string of the molecule is [2H]c1ccc([Si]2(c3cccc(N(c4ccc(-c5ccc6c(c5)C(C)(C)c5ccccc5-6)cc4)c4cccc([Si]5(c6cccc(-c7ccccc7)c6)c6ccccc6-c6ccccc65)c4)c3)c3ccccc3-c3ccccc32)cc1. The van der Waals surface area contributed by atoms with Gasteiger partial charge in [-0.2, -0.15) is 0 Å². The van der Waals surface area contributed by atoms with E-state index in [1.807, 2.05) is 12.1 Å². The summed E-state index contributed by atoms with van der Waals surface area (Å²) < 4.78 is 8.64. The fourth-order valence-electron chi connectivity index (χ4n) is 14.1. The van der Waals surface area contributed by atoms with Crippen LogP contribution in [0.2, 0.25) is 0 Å². The van der Waals surface area contributed by atoms with Crippen LogP contribution >= 0.6 is 0 Å². The lowest BCUT2D eigenvalue weighted by Crippen LogP contribution is -2.73. The van der Waals surface area contributed by atoms with Gasteiger partial charge in [-0.25, -0.2) is 0 Å². The highest BCUT2D eigenvalue weighted by atomic mass is 28.3. The molecule has 0 fully saturated rings. The first-order chi connectivity index (χ1) is 38.8. The van der Waals surface area contributed by atoms with Crippen LogP contribution in [-0.4, -0.2) is 16.1 Å². The number of benzene rings is 12. The second-order valence-electron chi connectivity index (χ2n) is 21.8. The van der Waals surface area contributed by atoms with Crippen LogP contribution in [0.3, 0.4) is 0 Å². The third-order valence-corrected chi connectivity index (χ3v) is 27.3. The Labute approximate surface area is 461 Å². The van der Waals surface area contributed by atoms with Crippen LogP contribution in [-0.2, 0) is 5.41 Å². The second-order valence-corrected chi connectivity index (χ2v) is 29.3. The quantitative estimate of drug-likeness (QED) is 0.130. The zero-order chi connectivity index (χ0) is 52.9. The maximum Gasteiger partial charge on any atom is 0.180 e. The van der Waals surface area contributed by atoms with Crippen molar-refractivity contribution >= 4 is 74.7 Å². The lowest BCUT2D eigenvalue weighted by molar-refractivity contribution is 0.660. The summed E-state index contributed by atoms with van der Waals surface area (Å²) in [6, 6.07) is 110. The fraction of sp³-hybridized carbons (Fsp3) is 0.0400. The number of rotatable bonds is 9. The smallest absolute Gasteiger partial charge is 0.180 e. The van der Waals surface area contributed by atoms with Gasteiger partial charge in [-0.05, 0) is 151 Å². The van der Waals surface area contributed by atoms with E-state index < -0.39 is 16.1 Å². The summed E-state index contributed by atoms with van der Waals surface area (Å²) in [5, 5.41) is 10.9. The van der Waals surface area contributed by atoms with Gasteiger partial charge in [0.2, 0.25) is 0 Å². The van der Waals surface area contributed by atoms with Gasteiger partial charge in [0, 0.05) is 22.5 Å². The molecule has 1 aliphatic carbocycles. The standard InChI is InChI=1S/C75H55NSi2/c1-75(2)69-37-14-9-32-63(69)64-47-44-55(49-70(64)75)53-42-45-56(46-43-53)76(57-25-20-30-61(50-57)77(59-27-7-4-8-28-59)71-38-15-10-33-65(71)66-34-11-16-39-72(66)77)58-26-21-31-62(51-58)78(60-29-19-24-54(48-60)52-22-5-3-6-23-52)73-40-17-12-35-67(73)68-36-13-18-41-74(68)78/h3-51H,1-2H3/i4D. The maximum atomic E-state index is 8.64. The minimum Gasteiger partial charge on any atom is -0.311 e. The molecule has 12 aromatic rings. The Morgan fingerprint density at radius 3 is 1.24 bits per heavy atom. The van der Waals surface area contributed by atoms with Crippen molar-refractivity contribution in [2.45, 2.75) is 19.3 Å². The van der Waals surface area contributed by atoms with Gasteiger partial charge in [-0.1, -0.05) is 269 Å². The van der Waals surface area contributed by atoms with Gasteiger partial charge < -0.3 is 4.90 Å². The van der Waals surface area contributed by atoms with Crippen molar-refractivity contribution < 1.29 is 1.37 Å². The van der Waals surface area contributed by atoms with E-state index >= 15 is 0 Å². The Balaban J connectivity index is 0.949. The van der Waals surface area contributed by atoms with Crippen molar-refractivity contribution in [3.8, 4) is 55.6 Å². The summed E-state index contributed by atoms with van der Waals surface area (Å²) in [5.41, 5.74) is 18.7. The molecule has 0 atom stereocenters. The van der Waals surface area contributed by atoms with Crippen molar-refractivity contribution in [2.24, 2.45) is 0 Å². The molecule has 15 rings (SSSR count). The van der Waals surface area contributed by atoms with Crippen LogP contribution in [0.1, 0.15) is 26.3 Å². The van der Waals surface area contributed by atoms with Gasteiger partial charge in [0.05, 0.1) is 1.37 Å². The molecule has 0 saturated heterocycles. The minimum absolute atomic E-state index is 0.0944. The Morgan fingerprint density at radius 1 is 0.282 bits per heavy atom. The number of anilines is 3. The predicted molar refractivity (Wildman–Crippen MR) is 335 cm³/mol. The molecule has 0 bridgehead atoms. The third kappa shape index (κ3) is 6.78. The Kier molecular flexibility index (Phi) is 10.4. The number of fused-ring (bicyclic) bond motifs is 9. The molecule has 0 unspecified atom stereocenters. The zero-order valence-electron chi connectivity index (χ0n) is 44.7. The van der Waals surface area contributed by atoms with E-state index in [4.69, 9.17) is 1.37 Å². The summed E-state index contributed by atoms with van der Waals surface area (Å²) in [7, 11) is -5.90. The highest BCUT2D eigenvalue weighted by molar-refractivity contribution is 7.23. The molecule has 0 amide bonds. The van der Waals surface area contributed by atoms with Crippen LogP contribution < -0.4 is 46.4 Å². The van der Waals surface area contributed by atoms with Crippen LogP contribution in [0.15, 0.2) is 297 Å². The molecule has 3 heteroatoms. The monoisotopic (exact) mass is 1030 g/mol. The van der Waals surface area contributed by atoms with Crippen LogP contribution in [0.4, 0.5) is 17.1 Å². The molecule has 78 heavy (non-hydrogen) atoms. The molecule has 0 N–H and O–H groups in total. The molecule has 3 aliphatic rings. The maximum absolute atomic E-state index is 8.64. The van der Waals surface area contributed by atoms with Crippen LogP contribution in [0.25, 0.3) is 55.6 Å². The summed E-state index contributed by atoms with van der Waals surface area (Å²) >= 11 is 0. The lowest BCUT2D eigenvalue weighted by atomic mass is 9.81. The molecular formula is C75H55NSi2. The molecule has 2 heterocycles. The topological polar surface area (TPSA) is 3.24 Å². The molecule has 0 spiro atoms. The lowest BCUT2D eigenvalue weighted by Gasteiger charge is -2.34. The molecule has 0 aromatic heterocycles. The average molecular weight is 1030 g/mol. The Bertz CT molecular complexity index is 4280. The first-order valence-electron chi connectivity index (χ1n) is 27.8. The van der Waals surface area contributed by atoms with Gasteiger partial charge in [0.25, 0.3) is 0 Å². The molecule has 368 valence electrons. The van der Waals surface area contributed by atoms with Crippen molar-refractivity contribution in [1.29, 1.82) is 0 Å². The highest BCUT2D eigenvalue weighted by Crippen LogP contribution is 2.50. The number of hydrogen-bond acceptors (Lipinski definition) is 1. The largest absolute Gasteiger partial charge is 0.311 e. The zero-order valence-corrected chi connectivity index (χ0v) is 45.7. The molecule has 0 radical (unpaired) electrons. The predicted octanol–water partition coefficient (Wildman–Crippen LogP) is 13.5. The van der Waals surface area contributed by atoms with Crippen molar-refractivity contribution in [2.75, 3.05) is 4.90 Å². The van der Waals surface area contributed by atoms with E-state index in [0.29, 0.717) is 6.04 Å². The van der Waals surface area contributed by atoms with E-state index in [9.17, 15) is 0 Å². The third-order valence-electron chi connectivity index (χ3n) is 17.6. The molecular weight excluding hydrogens is 971 g/mol. The average Bonchev–Trinajstić information content (AvgIpc) is 3.54. The van der Waals surface area contributed by atoms with Gasteiger partial charge in [-0.15, -0.1) is 0 Å². The van der Waals surface area contributed by atoms with E-state index in [2.05, 4.69) is 298 Å². The van der Waals surface area contributed by atoms with E-state index in [1.165, 1.54) is 108 Å². The van der Waals surface area contributed by atoms with E-state index in [0.717, 1.165) is 17.1 Å². The van der Waals surface area contributed by atoms with Crippen molar-refractivity contribution in [3.63, 3.8) is 0 Å². The summed E-state index contributed by atoms with van der Waals surface area (Å²) in [5.74, 6) is 0. The van der Waals surface area contributed by atoms with Crippen molar-refractivity contribution in [3.05, 3.63) is 308 Å². The Hall–Kier alpha value is -9.13. The summed E-state index contributed by atoms with van der Waals surface area (Å²) in [6.07, 6.45) is 0. The van der Waals surface area contributed by atoms with Crippen molar-refractivity contribution in [1.82, 2.24) is 0 Å². The van der Waals surface area contributed by atoms with Gasteiger partial charge >= 0.3 is 0 Å². The van der Waals surface area contributed by atoms with Crippen LogP contribution in [0, 0.1) is 0 Å². The fourth-order valence-corrected chi connectivity index (χ4v) is 24.6. The van der Waals surface area contributed by atoms with E-state index in [1.54, 1.807) is 0 Å². The number of nitrogens with zero attached hydrogens (tertiary/aromatic N) is 1. The van der Waals surface area contributed by atoms with Crippen LogP contribution in [0.5, 0.6) is 0 Å². The molecule has 1 nitrogen and oxygen atoms in total. The van der Waals surface area contributed by atoms with E-state index in [-0.39, 0.29) is 5.41 Å². The first-order valence-corrected chi connectivity index (χ1v) is 31.3. The second kappa shape index (κ2) is 18.0. The molecule has 12 aromatic carbocycles. The molecule has 0 saturated carbocycles. The highest BCUT2D eigenvalue weighted by Gasteiger charge is 2.50. The summed E-state index contributed by atoms with van der Waals surface area (Å²) in [4.78, 5) is 2.51. The Morgan fingerprint density at radius 2 is 0.679 bits per heavy atom. The summed E-state index contributed by atoms with van der Waals surface area (Å²) in [6.45, 7) is 4.72. The van der Waals surface area contributed by atoms with Gasteiger partial charge in [-0.3, -0.25) is 0 Å². The number of hydrogen-bond donors (Lipinski definition) is 0. The normalized spacial score (nSPS) is 14.5. The minimum atomic E-state index is -2.97. The molecule has 2 aliphatic heterocycles. The van der Waals surface area contributed by atoms with Gasteiger partial charge in [0.1, 0.15) is 0 Å².